The highest BCUT2D eigenvalue weighted by Crippen LogP contribution is 2.07. The Balaban J connectivity index is 4.62. The van der Waals surface area contributed by atoms with Gasteiger partial charge < -0.3 is 5.73 Å². The molecule has 0 rings (SSSR count). The van der Waals surface area contributed by atoms with Gasteiger partial charge in [0.25, 0.3) is 0 Å². The Bertz CT molecular complexity index is 180. The molecule has 1 amide bonds. The molecule has 0 unspecified atom stereocenters. The van der Waals surface area contributed by atoms with Crippen LogP contribution >= 0.6 is 0 Å². The van der Waals surface area contributed by atoms with E-state index in [-0.39, 0.29) is 0 Å². The summed E-state index contributed by atoms with van der Waals surface area (Å²) in [6.45, 7) is 7.34. The first-order valence-corrected chi connectivity index (χ1v) is 3.25. The van der Waals surface area contributed by atoms with Crippen LogP contribution in [0.15, 0.2) is 23.8 Å². The lowest BCUT2D eigenvalue weighted by molar-refractivity contribution is -0.114. The minimum atomic E-state index is -0.394. The van der Waals surface area contributed by atoms with Crippen molar-refractivity contribution in [1.29, 1.82) is 0 Å². The van der Waals surface area contributed by atoms with Crippen molar-refractivity contribution in [2.75, 3.05) is 0 Å². The predicted octanol–water partition coefficient (Wildman–Crippen LogP) is 1.38. The Kier molecular flexibility index (Phi) is 3.47. The van der Waals surface area contributed by atoms with Crippen molar-refractivity contribution in [2.45, 2.75) is 20.3 Å². The quantitative estimate of drug-likeness (QED) is 0.466. The molecule has 2 N–H and O–H groups in total. The van der Waals surface area contributed by atoms with E-state index in [0.29, 0.717) is 5.57 Å². The van der Waals surface area contributed by atoms with Gasteiger partial charge in [0.2, 0.25) is 5.91 Å². The summed E-state index contributed by atoms with van der Waals surface area (Å²) in [6.07, 6.45) is 2.34. The molecular weight excluding hydrogens is 126 g/mol. The van der Waals surface area contributed by atoms with E-state index >= 15 is 0 Å². The van der Waals surface area contributed by atoms with E-state index in [0.717, 1.165) is 12.0 Å². The molecule has 0 aromatic heterocycles. The summed E-state index contributed by atoms with van der Waals surface area (Å²) < 4.78 is 0. The average Bonchev–Trinajstić information content (AvgIpc) is 1.88. The van der Waals surface area contributed by atoms with Crippen molar-refractivity contribution in [3.8, 4) is 0 Å². The first-order valence-electron chi connectivity index (χ1n) is 3.25. The van der Waals surface area contributed by atoms with Crippen LogP contribution in [-0.4, -0.2) is 5.91 Å². The lowest BCUT2D eigenvalue weighted by Gasteiger charge is -1.99. The van der Waals surface area contributed by atoms with Crippen LogP contribution in [0.25, 0.3) is 0 Å². The molecule has 0 saturated heterocycles. The van der Waals surface area contributed by atoms with Crippen LogP contribution < -0.4 is 5.73 Å². The number of allylic oxidation sites excluding steroid dienone is 1. The number of carbonyl (C=O) groups excluding carboxylic acids is 1. The number of hydrogen-bond donors (Lipinski definition) is 1. The lowest BCUT2D eigenvalue weighted by atomic mass is 10.1. The predicted molar refractivity (Wildman–Crippen MR) is 42.4 cm³/mol. The minimum Gasteiger partial charge on any atom is -0.366 e. The van der Waals surface area contributed by atoms with Gasteiger partial charge in [0.1, 0.15) is 0 Å². The highest BCUT2D eigenvalue weighted by molar-refractivity contribution is 5.95. The number of primary amides is 1. The zero-order chi connectivity index (χ0) is 8.15. The van der Waals surface area contributed by atoms with Crippen LogP contribution in [-0.2, 0) is 4.79 Å². The van der Waals surface area contributed by atoms with E-state index in [4.69, 9.17) is 5.73 Å². The largest absolute Gasteiger partial charge is 0.366 e. The first-order chi connectivity index (χ1) is 4.63. The fourth-order valence-corrected chi connectivity index (χ4v) is 0.676. The number of carbonyl (C=O) groups is 1. The highest BCUT2D eigenvalue weighted by atomic mass is 16.1. The second kappa shape index (κ2) is 3.88. The molecule has 0 bridgehead atoms. The molecule has 0 aliphatic heterocycles. The van der Waals surface area contributed by atoms with Crippen molar-refractivity contribution < 1.29 is 4.79 Å². The summed E-state index contributed by atoms with van der Waals surface area (Å²) in [6, 6.07) is 0. The molecule has 0 aliphatic carbocycles. The number of nitrogens with two attached hydrogens (primary N) is 1. The second-order valence-corrected chi connectivity index (χ2v) is 2.12. The Morgan fingerprint density at radius 1 is 1.70 bits per heavy atom. The van der Waals surface area contributed by atoms with Gasteiger partial charge in [0.05, 0.1) is 0 Å². The summed E-state index contributed by atoms with van der Waals surface area (Å²) in [5, 5.41) is 0. The Hall–Kier alpha value is -1.05. The van der Waals surface area contributed by atoms with Gasteiger partial charge in [-0.15, -0.1) is 0 Å². The van der Waals surface area contributed by atoms with Crippen LogP contribution in [0.4, 0.5) is 0 Å². The molecule has 0 spiro atoms. The molecule has 0 saturated carbocycles. The molecule has 0 radical (unpaired) electrons. The Labute approximate surface area is 61.4 Å². The van der Waals surface area contributed by atoms with E-state index in [1.807, 2.05) is 13.8 Å². The van der Waals surface area contributed by atoms with Crippen LogP contribution in [0.3, 0.4) is 0 Å². The fraction of sp³-hybridized carbons (Fsp3) is 0.375. The van der Waals surface area contributed by atoms with E-state index in [1.54, 1.807) is 0 Å². The number of amides is 1. The zero-order valence-corrected chi connectivity index (χ0v) is 6.48. The van der Waals surface area contributed by atoms with Gasteiger partial charge in [-0.25, -0.2) is 0 Å². The third-order valence-electron chi connectivity index (χ3n) is 1.46. The van der Waals surface area contributed by atoms with Crippen LogP contribution in [0.1, 0.15) is 20.3 Å². The van der Waals surface area contributed by atoms with Crippen molar-refractivity contribution >= 4 is 5.91 Å². The first kappa shape index (κ1) is 8.95. The van der Waals surface area contributed by atoms with Gasteiger partial charge in [-0.3, -0.25) is 4.79 Å². The average molecular weight is 139 g/mol. The highest BCUT2D eigenvalue weighted by Gasteiger charge is 2.01. The maximum Gasteiger partial charge on any atom is 0.248 e. The smallest absolute Gasteiger partial charge is 0.248 e. The zero-order valence-electron chi connectivity index (χ0n) is 6.48. The van der Waals surface area contributed by atoms with Gasteiger partial charge in [-0.2, -0.15) is 0 Å². The molecule has 10 heavy (non-hydrogen) atoms. The third-order valence-corrected chi connectivity index (χ3v) is 1.46. The topological polar surface area (TPSA) is 43.1 Å². The molecule has 0 fully saturated rings. The molecule has 56 valence electrons. The van der Waals surface area contributed by atoms with E-state index < -0.39 is 5.91 Å². The molecule has 2 heteroatoms. The Morgan fingerprint density at radius 3 is 2.30 bits per heavy atom. The van der Waals surface area contributed by atoms with Crippen molar-refractivity contribution in [2.24, 2.45) is 5.73 Å². The van der Waals surface area contributed by atoms with Gasteiger partial charge in [-0.1, -0.05) is 25.2 Å². The molecule has 0 aromatic rings. The monoisotopic (exact) mass is 139 g/mol. The fourth-order valence-electron chi connectivity index (χ4n) is 0.676. The third kappa shape index (κ3) is 2.05. The van der Waals surface area contributed by atoms with Gasteiger partial charge in [0, 0.05) is 5.57 Å². The van der Waals surface area contributed by atoms with Crippen molar-refractivity contribution in [3.05, 3.63) is 23.8 Å². The van der Waals surface area contributed by atoms with Crippen LogP contribution in [0, 0.1) is 0 Å². The molecule has 2 nitrogen and oxygen atoms in total. The second-order valence-electron chi connectivity index (χ2n) is 2.12. The van der Waals surface area contributed by atoms with Crippen molar-refractivity contribution in [3.63, 3.8) is 0 Å². The van der Waals surface area contributed by atoms with Crippen molar-refractivity contribution in [1.82, 2.24) is 0 Å². The van der Waals surface area contributed by atoms with Gasteiger partial charge >= 0.3 is 0 Å². The molecule has 0 aliphatic rings. The maximum atomic E-state index is 10.6. The Morgan fingerprint density at radius 2 is 2.20 bits per heavy atom. The summed E-state index contributed by atoms with van der Waals surface area (Å²) in [4.78, 5) is 10.6. The lowest BCUT2D eigenvalue weighted by Crippen LogP contribution is -2.13. The summed E-state index contributed by atoms with van der Waals surface area (Å²) >= 11 is 0. The normalized spacial score (nSPS) is 12.2. The summed E-state index contributed by atoms with van der Waals surface area (Å²) in [5.41, 5.74) is 6.59. The molecule has 0 heterocycles. The van der Waals surface area contributed by atoms with Crippen LogP contribution in [0.5, 0.6) is 0 Å². The molecule has 0 atom stereocenters. The SMILES string of the molecule is C=CC(C(N)=O)=C(C)CC. The minimum absolute atomic E-state index is 0.394. The van der Waals surface area contributed by atoms with Gasteiger partial charge in [0.15, 0.2) is 0 Å². The molecular formula is C8H13NO. The van der Waals surface area contributed by atoms with E-state index in [2.05, 4.69) is 6.58 Å². The van der Waals surface area contributed by atoms with E-state index in [9.17, 15) is 4.79 Å². The number of rotatable bonds is 3. The summed E-state index contributed by atoms with van der Waals surface area (Å²) in [5.74, 6) is -0.394. The summed E-state index contributed by atoms with van der Waals surface area (Å²) in [7, 11) is 0. The van der Waals surface area contributed by atoms with Crippen LogP contribution in [0.2, 0.25) is 0 Å². The van der Waals surface area contributed by atoms with Gasteiger partial charge in [-0.05, 0) is 13.3 Å². The maximum absolute atomic E-state index is 10.6. The standard InChI is InChI=1S/C8H13NO/c1-4-6(3)7(5-2)8(9)10/h5H,2,4H2,1,3H3,(H2,9,10). The van der Waals surface area contributed by atoms with E-state index in [1.165, 1.54) is 6.08 Å². The molecule has 0 aromatic carbocycles. The number of hydrogen-bond acceptors (Lipinski definition) is 1.